The Bertz CT molecular complexity index is 656. The summed E-state index contributed by atoms with van der Waals surface area (Å²) < 4.78 is 5.17. The van der Waals surface area contributed by atoms with Gasteiger partial charge in [-0.25, -0.2) is 4.98 Å². The summed E-state index contributed by atoms with van der Waals surface area (Å²) in [5.41, 5.74) is 0.806. The van der Waals surface area contributed by atoms with Crippen LogP contribution in [0.5, 0.6) is 0 Å². The van der Waals surface area contributed by atoms with Gasteiger partial charge in [-0.15, -0.1) is 0 Å². The molecular weight excluding hydrogens is 292 g/mol. The third-order valence-corrected chi connectivity index (χ3v) is 4.37. The van der Waals surface area contributed by atoms with Crippen LogP contribution in [0.15, 0.2) is 35.0 Å². The zero-order valence-corrected chi connectivity index (χ0v) is 13.6. The Morgan fingerprint density at radius 2 is 2.35 bits per heavy atom. The van der Waals surface area contributed by atoms with Crippen LogP contribution < -0.4 is 4.90 Å². The number of hydrogen-bond acceptors (Lipinski definition) is 5. The summed E-state index contributed by atoms with van der Waals surface area (Å²) in [6.45, 7) is 3.74. The van der Waals surface area contributed by atoms with E-state index < -0.39 is 0 Å². The third-order valence-electron chi connectivity index (χ3n) is 4.37. The van der Waals surface area contributed by atoms with E-state index in [0.717, 1.165) is 43.9 Å². The van der Waals surface area contributed by atoms with E-state index in [-0.39, 0.29) is 11.9 Å². The molecule has 23 heavy (non-hydrogen) atoms. The van der Waals surface area contributed by atoms with Gasteiger partial charge in [0.25, 0.3) is 5.91 Å². The van der Waals surface area contributed by atoms with Crippen LogP contribution in [0.4, 0.5) is 5.82 Å². The molecule has 0 saturated carbocycles. The average Bonchev–Trinajstić information content (AvgIpc) is 3.10. The van der Waals surface area contributed by atoms with Crippen molar-refractivity contribution in [2.45, 2.75) is 32.2 Å². The number of anilines is 1. The van der Waals surface area contributed by atoms with E-state index >= 15 is 0 Å². The van der Waals surface area contributed by atoms with Crippen molar-refractivity contribution in [3.8, 4) is 0 Å². The van der Waals surface area contributed by atoms with Crippen molar-refractivity contribution in [3.63, 3.8) is 0 Å². The van der Waals surface area contributed by atoms with Crippen molar-refractivity contribution < 1.29 is 9.32 Å². The quantitative estimate of drug-likeness (QED) is 0.867. The molecule has 0 N–H and O–H groups in total. The van der Waals surface area contributed by atoms with Gasteiger partial charge in [0.15, 0.2) is 0 Å². The van der Waals surface area contributed by atoms with E-state index in [9.17, 15) is 4.79 Å². The van der Waals surface area contributed by atoms with Gasteiger partial charge in [-0.05, 0) is 31.4 Å². The number of aryl methyl sites for hydroxylation is 1. The monoisotopic (exact) mass is 314 g/mol. The molecule has 1 saturated heterocycles. The summed E-state index contributed by atoms with van der Waals surface area (Å²) in [5.74, 6) is 1.18. The molecule has 3 heterocycles. The standard InChI is InChI=1S/C17H22N4O2/c1-3-13-11-15(23-19-13)17(22)20(2)14-7-6-10-21(12-14)16-8-4-5-9-18-16/h4-5,8-9,11,14H,3,6-7,10,12H2,1-2H3/t14-/m1/s1. The van der Waals surface area contributed by atoms with E-state index in [1.165, 1.54) is 0 Å². The number of amides is 1. The molecule has 0 aromatic carbocycles. The Labute approximate surface area is 136 Å². The van der Waals surface area contributed by atoms with E-state index in [1.807, 2.05) is 32.2 Å². The highest BCUT2D eigenvalue weighted by molar-refractivity contribution is 5.91. The molecule has 1 atom stereocenters. The number of rotatable bonds is 4. The molecule has 1 fully saturated rings. The molecular formula is C17H22N4O2. The minimum absolute atomic E-state index is 0.106. The maximum Gasteiger partial charge on any atom is 0.292 e. The lowest BCUT2D eigenvalue weighted by atomic mass is 10.0. The first-order chi connectivity index (χ1) is 11.2. The fraction of sp³-hybridized carbons (Fsp3) is 0.471. The summed E-state index contributed by atoms with van der Waals surface area (Å²) in [4.78, 5) is 21.0. The van der Waals surface area contributed by atoms with Gasteiger partial charge < -0.3 is 14.3 Å². The Hall–Kier alpha value is -2.37. The smallest absolute Gasteiger partial charge is 0.292 e. The molecule has 1 aliphatic rings. The molecule has 2 aromatic rings. The van der Waals surface area contributed by atoms with Gasteiger partial charge in [-0.1, -0.05) is 18.1 Å². The van der Waals surface area contributed by atoms with E-state index in [2.05, 4.69) is 15.0 Å². The van der Waals surface area contributed by atoms with Gasteiger partial charge in [0.05, 0.1) is 5.69 Å². The summed E-state index contributed by atoms with van der Waals surface area (Å²) >= 11 is 0. The van der Waals surface area contributed by atoms with E-state index in [4.69, 9.17) is 4.52 Å². The molecule has 0 unspecified atom stereocenters. The predicted molar refractivity (Wildman–Crippen MR) is 87.4 cm³/mol. The van der Waals surface area contributed by atoms with Crippen LogP contribution in [0.3, 0.4) is 0 Å². The predicted octanol–water partition coefficient (Wildman–Crippen LogP) is 2.37. The minimum atomic E-state index is -0.106. The normalized spacial score (nSPS) is 18.0. The van der Waals surface area contributed by atoms with Crippen molar-refractivity contribution in [1.29, 1.82) is 0 Å². The first-order valence-electron chi connectivity index (χ1n) is 8.07. The van der Waals surface area contributed by atoms with Crippen LogP contribution in [-0.2, 0) is 6.42 Å². The number of carbonyl (C=O) groups excluding carboxylic acids is 1. The Kier molecular flexibility index (Phi) is 4.60. The minimum Gasteiger partial charge on any atom is -0.355 e. The second-order valence-electron chi connectivity index (χ2n) is 5.88. The van der Waals surface area contributed by atoms with Gasteiger partial charge in [0, 0.05) is 38.4 Å². The molecule has 0 spiro atoms. The van der Waals surface area contributed by atoms with Crippen LogP contribution in [-0.4, -0.2) is 47.1 Å². The molecule has 6 heteroatoms. The summed E-state index contributed by atoms with van der Waals surface area (Å²) in [5, 5.41) is 3.90. The van der Waals surface area contributed by atoms with Gasteiger partial charge in [-0.2, -0.15) is 0 Å². The first-order valence-corrected chi connectivity index (χ1v) is 8.07. The van der Waals surface area contributed by atoms with Crippen LogP contribution >= 0.6 is 0 Å². The largest absolute Gasteiger partial charge is 0.355 e. The molecule has 122 valence electrons. The van der Waals surface area contributed by atoms with Crippen molar-refractivity contribution in [1.82, 2.24) is 15.0 Å². The van der Waals surface area contributed by atoms with Crippen LogP contribution in [0.25, 0.3) is 0 Å². The molecule has 6 nitrogen and oxygen atoms in total. The highest BCUT2D eigenvalue weighted by atomic mass is 16.5. The molecule has 0 radical (unpaired) electrons. The van der Waals surface area contributed by atoms with E-state index in [1.54, 1.807) is 17.2 Å². The van der Waals surface area contributed by atoms with Gasteiger partial charge in [-0.3, -0.25) is 4.79 Å². The zero-order chi connectivity index (χ0) is 16.2. The summed E-state index contributed by atoms with van der Waals surface area (Å²) in [7, 11) is 1.84. The fourth-order valence-corrected chi connectivity index (χ4v) is 2.94. The van der Waals surface area contributed by atoms with Crippen molar-refractivity contribution in [2.24, 2.45) is 0 Å². The highest BCUT2D eigenvalue weighted by Crippen LogP contribution is 2.21. The number of nitrogens with zero attached hydrogens (tertiary/aromatic N) is 4. The number of piperidine rings is 1. The second-order valence-corrected chi connectivity index (χ2v) is 5.88. The average molecular weight is 314 g/mol. The number of pyridine rings is 1. The topological polar surface area (TPSA) is 62.5 Å². The van der Waals surface area contributed by atoms with Crippen molar-refractivity contribution in [3.05, 3.63) is 41.9 Å². The first kappa shape index (κ1) is 15.5. The van der Waals surface area contributed by atoms with Gasteiger partial charge in [0.2, 0.25) is 5.76 Å². The molecule has 1 aliphatic heterocycles. The fourth-order valence-electron chi connectivity index (χ4n) is 2.94. The summed E-state index contributed by atoms with van der Waals surface area (Å²) in [6.07, 6.45) is 4.59. The van der Waals surface area contributed by atoms with Gasteiger partial charge in [0.1, 0.15) is 5.82 Å². The van der Waals surface area contributed by atoms with E-state index in [0.29, 0.717) is 5.76 Å². The number of carbonyl (C=O) groups is 1. The SMILES string of the molecule is CCc1cc(C(=O)N(C)[C@@H]2CCCN(c3ccccn3)C2)on1. The van der Waals surface area contributed by atoms with Crippen LogP contribution in [0.1, 0.15) is 36.0 Å². The Morgan fingerprint density at radius 3 is 3.04 bits per heavy atom. The Balaban J connectivity index is 1.69. The van der Waals surface area contributed by atoms with Crippen LogP contribution in [0, 0.1) is 0 Å². The lowest BCUT2D eigenvalue weighted by molar-refractivity contribution is 0.0675. The number of aromatic nitrogens is 2. The van der Waals surface area contributed by atoms with Crippen LogP contribution in [0.2, 0.25) is 0 Å². The Morgan fingerprint density at radius 1 is 1.48 bits per heavy atom. The maximum absolute atomic E-state index is 12.6. The molecule has 1 amide bonds. The molecule has 3 rings (SSSR count). The molecule has 0 aliphatic carbocycles. The highest BCUT2D eigenvalue weighted by Gasteiger charge is 2.28. The summed E-state index contributed by atoms with van der Waals surface area (Å²) in [6, 6.07) is 7.79. The zero-order valence-electron chi connectivity index (χ0n) is 13.6. The van der Waals surface area contributed by atoms with Crippen molar-refractivity contribution in [2.75, 3.05) is 25.0 Å². The number of likely N-dealkylation sites (N-methyl/N-ethyl adjacent to an activating group) is 1. The molecule has 2 aromatic heterocycles. The third kappa shape index (κ3) is 3.36. The number of hydrogen-bond donors (Lipinski definition) is 0. The van der Waals surface area contributed by atoms with Crippen molar-refractivity contribution >= 4 is 11.7 Å². The maximum atomic E-state index is 12.6. The van der Waals surface area contributed by atoms with Gasteiger partial charge >= 0.3 is 0 Å². The lowest BCUT2D eigenvalue weighted by Gasteiger charge is -2.37. The second kappa shape index (κ2) is 6.81. The lowest BCUT2D eigenvalue weighted by Crippen LogP contribution is -2.48. The molecule has 0 bridgehead atoms.